The quantitative estimate of drug-likeness (QED) is 0.895. The van der Waals surface area contributed by atoms with Gasteiger partial charge in [-0.25, -0.2) is 4.98 Å². The zero-order valence-corrected chi connectivity index (χ0v) is 13.2. The third-order valence-corrected chi connectivity index (χ3v) is 4.18. The fourth-order valence-electron chi connectivity index (χ4n) is 2.80. The minimum Gasteiger partial charge on any atom is -0.350 e. The van der Waals surface area contributed by atoms with Crippen LogP contribution < -0.4 is 5.32 Å². The van der Waals surface area contributed by atoms with E-state index in [1.807, 2.05) is 6.92 Å². The van der Waals surface area contributed by atoms with Crippen LogP contribution in [0.15, 0.2) is 12.3 Å². The van der Waals surface area contributed by atoms with Crippen LogP contribution in [0, 0.1) is 5.92 Å². The fourth-order valence-corrected chi connectivity index (χ4v) is 2.80. The molecule has 2 N–H and O–H groups in total. The van der Waals surface area contributed by atoms with Crippen molar-refractivity contribution < 1.29 is 18.0 Å². The van der Waals surface area contributed by atoms with Crippen LogP contribution in [0.4, 0.5) is 13.2 Å². The van der Waals surface area contributed by atoms with E-state index in [0.29, 0.717) is 37.4 Å². The summed E-state index contributed by atoms with van der Waals surface area (Å²) in [6, 6.07) is 1.69. The molecule has 9 heteroatoms. The Balaban J connectivity index is 1.58. The first-order valence-electron chi connectivity index (χ1n) is 7.82. The van der Waals surface area contributed by atoms with E-state index in [2.05, 4.69) is 20.5 Å². The Hall–Kier alpha value is -2.32. The van der Waals surface area contributed by atoms with E-state index in [1.165, 1.54) is 4.57 Å². The lowest BCUT2D eigenvalue weighted by Crippen LogP contribution is -2.33. The number of rotatable bonds is 4. The van der Waals surface area contributed by atoms with Crippen LogP contribution in [0.5, 0.6) is 0 Å². The minimum atomic E-state index is -4.43. The molecule has 0 saturated heterocycles. The number of H-pyrrole nitrogens is 1. The highest BCUT2D eigenvalue weighted by Crippen LogP contribution is 2.30. The normalized spacial score (nSPS) is 17.6. The molecule has 0 radical (unpaired) electrons. The van der Waals surface area contributed by atoms with Crippen LogP contribution in [0.2, 0.25) is 0 Å². The van der Waals surface area contributed by atoms with Crippen molar-refractivity contribution in [2.75, 3.05) is 6.54 Å². The Kier molecular flexibility index (Phi) is 4.33. The van der Waals surface area contributed by atoms with Gasteiger partial charge in [-0.15, -0.1) is 0 Å². The number of aromatic amines is 1. The molecule has 0 fully saturated rings. The maximum absolute atomic E-state index is 12.7. The molecule has 1 unspecified atom stereocenters. The van der Waals surface area contributed by atoms with Gasteiger partial charge in [0, 0.05) is 31.4 Å². The second-order valence-electron chi connectivity index (χ2n) is 5.94. The molecule has 1 aliphatic rings. The fraction of sp³-hybridized carbons (Fsp3) is 0.533. The van der Waals surface area contributed by atoms with E-state index in [0.717, 1.165) is 18.3 Å². The summed E-state index contributed by atoms with van der Waals surface area (Å²) in [7, 11) is 0. The summed E-state index contributed by atoms with van der Waals surface area (Å²) in [5, 5.41) is 9.51. The van der Waals surface area contributed by atoms with Crippen molar-refractivity contribution in [2.45, 2.75) is 38.9 Å². The maximum Gasteiger partial charge on any atom is 0.434 e. The molecule has 0 saturated carbocycles. The van der Waals surface area contributed by atoms with E-state index >= 15 is 0 Å². The molecule has 1 atom stereocenters. The first kappa shape index (κ1) is 16.5. The lowest BCUT2D eigenvalue weighted by atomic mass is 9.99. The molecule has 0 aliphatic carbocycles. The van der Waals surface area contributed by atoms with Crippen LogP contribution in [0.1, 0.15) is 41.0 Å². The molecule has 130 valence electrons. The zero-order chi connectivity index (χ0) is 17.3. The van der Waals surface area contributed by atoms with Gasteiger partial charge in [-0.1, -0.05) is 6.92 Å². The Labute approximate surface area is 136 Å². The number of halogens is 3. The summed E-state index contributed by atoms with van der Waals surface area (Å²) in [5.41, 5.74) is 0.344. The van der Waals surface area contributed by atoms with Gasteiger partial charge >= 0.3 is 6.18 Å². The van der Waals surface area contributed by atoms with Gasteiger partial charge in [0.25, 0.3) is 5.91 Å². The highest BCUT2D eigenvalue weighted by Gasteiger charge is 2.35. The molecule has 3 heterocycles. The first-order valence-corrected chi connectivity index (χ1v) is 7.82. The van der Waals surface area contributed by atoms with Gasteiger partial charge in [-0.2, -0.15) is 18.3 Å². The van der Waals surface area contributed by atoms with Crippen molar-refractivity contribution in [3.05, 3.63) is 35.2 Å². The van der Waals surface area contributed by atoms with E-state index < -0.39 is 11.9 Å². The highest BCUT2D eigenvalue weighted by molar-refractivity contribution is 5.92. The molecular formula is C15H18F3N5O. The standard InChI is InChI=1S/C15H18F3N5O/c1-2-10-5-11(22-21-10)14(24)19-6-9-3-4-13-20-12(15(16,17)18)8-23(13)7-9/h5,8-9H,2-4,6-7H2,1H3,(H,19,24)(H,21,22). The average molecular weight is 341 g/mol. The van der Waals surface area contributed by atoms with Crippen molar-refractivity contribution in [2.24, 2.45) is 5.92 Å². The molecule has 1 amide bonds. The van der Waals surface area contributed by atoms with E-state index in [9.17, 15) is 18.0 Å². The maximum atomic E-state index is 12.7. The van der Waals surface area contributed by atoms with Crippen molar-refractivity contribution in [1.29, 1.82) is 0 Å². The summed E-state index contributed by atoms with van der Waals surface area (Å²) in [5.74, 6) is 0.240. The molecule has 1 aliphatic heterocycles. The number of carbonyl (C=O) groups is 1. The highest BCUT2D eigenvalue weighted by atomic mass is 19.4. The number of imidazole rings is 1. The van der Waals surface area contributed by atoms with Gasteiger partial charge < -0.3 is 9.88 Å². The molecule has 0 spiro atoms. The molecule has 24 heavy (non-hydrogen) atoms. The number of carbonyl (C=O) groups excluding carboxylic acids is 1. The number of aromatic nitrogens is 4. The Bertz CT molecular complexity index is 734. The van der Waals surface area contributed by atoms with Crippen LogP contribution in [-0.4, -0.2) is 32.2 Å². The van der Waals surface area contributed by atoms with Crippen LogP contribution in [0.3, 0.4) is 0 Å². The second-order valence-corrected chi connectivity index (χ2v) is 5.94. The Morgan fingerprint density at radius 1 is 1.50 bits per heavy atom. The number of aryl methyl sites for hydroxylation is 2. The van der Waals surface area contributed by atoms with Gasteiger partial charge in [0.15, 0.2) is 5.69 Å². The third kappa shape index (κ3) is 3.44. The molecule has 3 rings (SSSR count). The smallest absolute Gasteiger partial charge is 0.350 e. The molecule has 2 aromatic heterocycles. The van der Waals surface area contributed by atoms with Crippen molar-refractivity contribution in [3.8, 4) is 0 Å². The third-order valence-electron chi connectivity index (χ3n) is 4.18. The van der Waals surface area contributed by atoms with Gasteiger partial charge in [-0.3, -0.25) is 9.89 Å². The molecular weight excluding hydrogens is 323 g/mol. The molecule has 0 bridgehead atoms. The van der Waals surface area contributed by atoms with Crippen LogP contribution >= 0.6 is 0 Å². The SMILES string of the molecule is CCc1cc(C(=O)NCC2CCc3nc(C(F)(F)F)cn3C2)n[nH]1. The number of fused-ring (bicyclic) bond motifs is 1. The van der Waals surface area contributed by atoms with Gasteiger partial charge in [-0.05, 0) is 24.8 Å². The van der Waals surface area contributed by atoms with Gasteiger partial charge in [0.05, 0.1) is 0 Å². The summed E-state index contributed by atoms with van der Waals surface area (Å²) in [6.07, 6.45) is -1.46. The predicted molar refractivity (Wildman–Crippen MR) is 79.3 cm³/mol. The number of alkyl halides is 3. The van der Waals surface area contributed by atoms with E-state index in [1.54, 1.807) is 6.07 Å². The zero-order valence-electron chi connectivity index (χ0n) is 13.2. The van der Waals surface area contributed by atoms with Crippen molar-refractivity contribution >= 4 is 5.91 Å². The summed E-state index contributed by atoms with van der Waals surface area (Å²) in [4.78, 5) is 15.7. The first-order chi connectivity index (χ1) is 11.4. The second kappa shape index (κ2) is 6.29. The van der Waals surface area contributed by atoms with Crippen molar-refractivity contribution in [3.63, 3.8) is 0 Å². The van der Waals surface area contributed by atoms with Crippen LogP contribution in [-0.2, 0) is 25.6 Å². The van der Waals surface area contributed by atoms with Crippen LogP contribution in [0.25, 0.3) is 0 Å². The van der Waals surface area contributed by atoms with E-state index in [4.69, 9.17) is 0 Å². The number of amides is 1. The summed E-state index contributed by atoms with van der Waals surface area (Å²) < 4.78 is 39.6. The number of hydrogen-bond acceptors (Lipinski definition) is 3. The number of nitrogens with one attached hydrogen (secondary N) is 2. The lowest BCUT2D eigenvalue weighted by Gasteiger charge is -2.23. The van der Waals surface area contributed by atoms with E-state index in [-0.39, 0.29) is 11.8 Å². The van der Waals surface area contributed by atoms with Crippen molar-refractivity contribution in [1.82, 2.24) is 25.1 Å². The molecule has 6 nitrogen and oxygen atoms in total. The Morgan fingerprint density at radius 2 is 2.29 bits per heavy atom. The number of hydrogen-bond donors (Lipinski definition) is 2. The van der Waals surface area contributed by atoms with Gasteiger partial charge in [0.2, 0.25) is 0 Å². The summed E-state index contributed by atoms with van der Waals surface area (Å²) in [6.45, 7) is 2.76. The predicted octanol–water partition coefficient (Wildman–Crippen LogP) is 2.18. The topological polar surface area (TPSA) is 75.6 Å². The number of nitrogens with zero attached hydrogens (tertiary/aromatic N) is 3. The largest absolute Gasteiger partial charge is 0.434 e. The average Bonchev–Trinajstić information content (AvgIpc) is 3.18. The lowest BCUT2D eigenvalue weighted by molar-refractivity contribution is -0.141. The molecule has 2 aromatic rings. The van der Waals surface area contributed by atoms with Gasteiger partial charge in [0.1, 0.15) is 11.5 Å². The Morgan fingerprint density at radius 3 is 2.96 bits per heavy atom. The monoisotopic (exact) mass is 341 g/mol. The minimum absolute atomic E-state index is 0.0707. The summed E-state index contributed by atoms with van der Waals surface area (Å²) >= 11 is 0. The molecule has 0 aromatic carbocycles.